The first kappa shape index (κ1) is 14.2. The molecular formula is C13H23NO2S. The van der Waals surface area contributed by atoms with Gasteiger partial charge < -0.3 is 0 Å². The minimum absolute atomic E-state index is 0. The fourth-order valence-electron chi connectivity index (χ4n) is 1.42. The van der Waals surface area contributed by atoms with E-state index in [0.717, 1.165) is 5.56 Å². The van der Waals surface area contributed by atoms with Gasteiger partial charge in [-0.15, -0.1) is 0 Å². The van der Waals surface area contributed by atoms with E-state index in [1.54, 1.807) is 13.8 Å². The monoisotopic (exact) mass is 257 g/mol. The molecule has 0 fully saturated rings. The Morgan fingerprint density at radius 3 is 2.18 bits per heavy atom. The predicted octanol–water partition coefficient (Wildman–Crippen LogP) is 2.67. The van der Waals surface area contributed by atoms with Crippen molar-refractivity contribution in [1.82, 2.24) is 4.72 Å². The van der Waals surface area contributed by atoms with Crippen molar-refractivity contribution >= 4 is 10.0 Å². The van der Waals surface area contributed by atoms with Crippen LogP contribution in [0.15, 0.2) is 24.3 Å². The van der Waals surface area contributed by atoms with Crippen LogP contribution in [0, 0.1) is 6.92 Å². The van der Waals surface area contributed by atoms with E-state index in [9.17, 15) is 8.42 Å². The molecule has 0 unspecified atom stereocenters. The highest BCUT2D eigenvalue weighted by molar-refractivity contribution is 7.90. The standard InChI is InChI=1S/C13H21NO2S.H2/c1-10(2)17(15,16)14-9-12(4)13-7-5-11(3)6-8-13;/h5-8,10,12,14H,9H2,1-4H3;1H/t12-;/m0./s1. The SMILES string of the molecule is Cc1ccc([C@@H](C)CNS(=O)(=O)C(C)C)cc1.[HH]. The highest BCUT2D eigenvalue weighted by Crippen LogP contribution is 2.15. The molecule has 0 saturated carbocycles. The van der Waals surface area contributed by atoms with Crippen molar-refractivity contribution in [2.75, 3.05) is 6.54 Å². The molecule has 0 amide bonds. The Labute approximate surface area is 106 Å². The molecule has 1 aromatic carbocycles. The third-order valence-electron chi connectivity index (χ3n) is 2.86. The van der Waals surface area contributed by atoms with Crippen LogP contribution in [0.1, 0.15) is 39.2 Å². The van der Waals surface area contributed by atoms with Crippen molar-refractivity contribution in [2.24, 2.45) is 0 Å². The zero-order valence-electron chi connectivity index (χ0n) is 10.9. The Morgan fingerprint density at radius 2 is 1.71 bits per heavy atom. The van der Waals surface area contributed by atoms with Crippen molar-refractivity contribution in [2.45, 2.75) is 38.9 Å². The van der Waals surface area contributed by atoms with Crippen molar-refractivity contribution in [3.8, 4) is 0 Å². The summed E-state index contributed by atoms with van der Waals surface area (Å²) in [6.45, 7) is 7.87. The molecule has 1 atom stereocenters. The highest BCUT2D eigenvalue weighted by Gasteiger charge is 2.16. The van der Waals surface area contributed by atoms with Crippen LogP contribution in [-0.2, 0) is 10.0 Å². The number of benzene rings is 1. The third-order valence-corrected chi connectivity index (χ3v) is 4.67. The van der Waals surface area contributed by atoms with Crippen molar-refractivity contribution in [3.05, 3.63) is 35.4 Å². The van der Waals surface area contributed by atoms with Crippen LogP contribution in [0.3, 0.4) is 0 Å². The van der Waals surface area contributed by atoms with E-state index >= 15 is 0 Å². The van der Waals surface area contributed by atoms with Crippen molar-refractivity contribution in [3.63, 3.8) is 0 Å². The second-order valence-electron chi connectivity index (χ2n) is 4.75. The zero-order chi connectivity index (χ0) is 13.1. The Hall–Kier alpha value is -0.870. The smallest absolute Gasteiger partial charge is 0.213 e. The summed E-state index contributed by atoms with van der Waals surface area (Å²) in [7, 11) is -3.16. The first-order valence-electron chi connectivity index (χ1n) is 5.88. The summed E-state index contributed by atoms with van der Waals surface area (Å²) in [5, 5.41) is -0.382. The van der Waals surface area contributed by atoms with Crippen molar-refractivity contribution in [1.29, 1.82) is 0 Å². The summed E-state index contributed by atoms with van der Waals surface area (Å²) in [6, 6.07) is 8.18. The van der Waals surface area contributed by atoms with Crippen LogP contribution in [0.4, 0.5) is 0 Å². The van der Waals surface area contributed by atoms with Crippen LogP contribution in [0.5, 0.6) is 0 Å². The van der Waals surface area contributed by atoms with E-state index in [2.05, 4.69) is 4.72 Å². The average Bonchev–Trinajstić information content (AvgIpc) is 2.27. The van der Waals surface area contributed by atoms with Gasteiger partial charge in [-0.05, 0) is 32.3 Å². The maximum atomic E-state index is 11.6. The summed E-state index contributed by atoms with van der Waals surface area (Å²) in [6.07, 6.45) is 0. The second kappa shape index (κ2) is 5.65. The maximum absolute atomic E-state index is 11.6. The molecule has 1 rings (SSSR count). The molecule has 0 radical (unpaired) electrons. The Morgan fingerprint density at radius 1 is 1.18 bits per heavy atom. The van der Waals surface area contributed by atoms with E-state index in [-0.39, 0.29) is 12.6 Å². The van der Waals surface area contributed by atoms with E-state index in [1.165, 1.54) is 5.56 Å². The molecule has 17 heavy (non-hydrogen) atoms. The van der Waals surface area contributed by atoms with Gasteiger partial charge in [-0.25, -0.2) is 13.1 Å². The summed E-state index contributed by atoms with van der Waals surface area (Å²) in [4.78, 5) is 0. The highest BCUT2D eigenvalue weighted by atomic mass is 32.2. The molecule has 0 spiro atoms. The number of hydrogen-bond acceptors (Lipinski definition) is 2. The fourth-order valence-corrected chi connectivity index (χ4v) is 2.24. The normalized spacial score (nSPS) is 13.9. The van der Waals surface area contributed by atoms with Gasteiger partial charge in [0.2, 0.25) is 10.0 Å². The molecule has 0 aliphatic carbocycles. The average molecular weight is 257 g/mol. The minimum Gasteiger partial charge on any atom is -0.214 e. The lowest BCUT2D eigenvalue weighted by atomic mass is 10.0. The number of hydrogen-bond donors (Lipinski definition) is 1. The van der Waals surface area contributed by atoms with Crippen LogP contribution in [0.25, 0.3) is 0 Å². The largest absolute Gasteiger partial charge is 0.214 e. The Balaban J connectivity index is 0.00000289. The van der Waals surface area contributed by atoms with Gasteiger partial charge in [-0.3, -0.25) is 0 Å². The Bertz CT molecular complexity index is 454. The predicted molar refractivity (Wildman–Crippen MR) is 73.8 cm³/mol. The number of rotatable bonds is 5. The van der Waals surface area contributed by atoms with E-state index in [4.69, 9.17) is 0 Å². The minimum atomic E-state index is -3.16. The van der Waals surface area contributed by atoms with Crippen molar-refractivity contribution < 1.29 is 9.84 Å². The molecule has 0 bridgehead atoms. The van der Waals surface area contributed by atoms with Gasteiger partial charge in [0, 0.05) is 7.97 Å². The molecule has 0 aliphatic heterocycles. The van der Waals surface area contributed by atoms with Gasteiger partial charge in [0.05, 0.1) is 5.25 Å². The molecule has 0 heterocycles. The van der Waals surface area contributed by atoms with E-state index < -0.39 is 10.0 Å². The topological polar surface area (TPSA) is 46.2 Å². The zero-order valence-corrected chi connectivity index (χ0v) is 11.7. The van der Waals surface area contributed by atoms with Crippen LogP contribution in [-0.4, -0.2) is 20.2 Å². The van der Waals surface area contributed by atoms with Gasteiger partial charge in [0.15, 0.2) is 0 Å². The van der Waals surface area contributed by atoms with E-state index in [0.29, 0.717) is 6.54 Å². The van der Waals surface area contributed by atoms with Gasteiger partial charge in [0.25, 0.3) is 0 Å². The van der Waals surface area contributed by atoms with Gasteiger partial charge in [-0.2, -0.15) is 0 Å². The summed E-state index contributed by atoms with van der Waals surface area (Å²) in [5.41, 5.74) is 2.37. The van der Waals surface area contributed by atoms with Crippen LogP contribution in [0.2, 0.25) is 0 Å². The van der Waals surface area contributed by atoms with E-state index in [1.807, 2.05) is 38.1 Å². The summed E-state index contributed by atoms with van der Waals surface area (Å²) < 4.78 is 25.9. The fraction of sp³-hybridized carbons (Fsp3) is 0.538. The lowest BCUT2D eigenvalue weighted by molar-refractivity contribution is 0.566. The lowest BCUT2D eigenvalue weighted by Crippen LogP contribution is -2.33. The Kier molecular flexibility index (Phi) is 4.71. The number of sulfonamides is 1. The maximum Gasteiger partial charge on any atom is 0.213 e. The second-order valence-corrected chi connectivity index (χ2v) is 7.08. The lowest BCUT2D eigenvalue weighted by Gasteiger charge is -2.15. The third kappa shape index (κ3) is 4.13. The van der Waals surface area contributed by atoms with Crippen LogP contribution >= 0.6 is 0 Å². The molecule has 1 N–H and O–H groups in total. The van der Waals surface area contributed by atoms with Gasteiger partial charge >= 0.3 is 0 Å². The first-order chi connectivity index (χ1) is 7.83. The molecule has 1 aromatic rings. The quantitative estimate of drug-likeness (QED) is 0.881. The van der Waals surface area contributed by atoms with Gasteiger partial charge in [0.1, 0.15) is 0 Å². The molecule has 0 aromatic heterocycles. The number of nitrogens with one attached hydrogen (secondary N) is 1. The molecule has 0 aliphatic rings. The van der Waals surface area contributed by atoms with Crippen LogP contribution < -0.4 is 4.72 Å². The molecule has 98 valence electrons. The summed E-state index contributed by atoms with van der Waals surface area (Å²) in [5.74, 6) is 0.184. The summed E-state index contributed by atoms with van der Waals surface area (Å²) >= 11 is 0. The molecular weight excluding hydrogens is 234 g/mol. The van der Waals surface area contributed by atoms with Gasteiger partial charge in [-0.1, -0.05) is 36.8 Å². The molecule has 0 saturated heterocycles. The molecule has 3 nitrogen and oxygen atoms in total. The first-order valence-corrected chi connectivity index (χ1v) is 7.42. The number of aryl methyl sites for hydroxylation is 1. The molecule has 4 heteroatoms.